The molecule has 0 atom stereocenters. The molecule has 0 saturated carbocycles. The zero-order valence-corrected chi connectivity index (χ0v) is 16.5. The third kappa shape index (κ3) is 4.43. The summed E-state index contributed by atoms with van der Waals surface area (Å²) in [6.45, 7) is 4.23. The number of piperazine rings is 1. The second-order valence-electron chi connectivity index (χ2n) is 6.93. The number of carbonyl (C=O) groups excluding carboxylic acids is 1. The van der Waals surface area contributed by atoms with E-state index in [9.17, 15) is 9.90 Å². The average molecular weight is 397 g/mol. The molecule has 7 heteroatoms. The molecule has 1 aliphatic heterocycles. The number of phenols is 1. The Morgan fingerprint density at radius 1 is 1.07 bits per heavy atom. The smallest absolute Gasteiger partial charge is 0.234 e. The normalized spacial score (nSPS) is 15.1. The minimum atomic E-state index is 0.0529. The van der Waals surface area contributed by atoms with Crippen LogP contribution in [-0.2, 0) is 11.2 Å². The lowest BCUT2D eigenvalue weighted by Gasteiger charge is -2.35. The summed E-state index contributed by atoms with van der Waals surface area (Å²) in [4.78, 5) is 21.2. The maximum absolute atomic E-state index is 12.3. The highest BCUT2D eigenvalue weighted by Gasteiger charge is 2.20. The molecule has 146 valence electrons. The fourth-order valence-corrected chi connectivity index (χ4v) is 4.44. The Morgan fingerprint density at radius 3 is 2.61 bits per heavy atom. The van der Waals surface area contributed by atoms with E-state index in [2.05, 4.69) is 26.2 Å². The highest BCUT2D eigenvalue weighted by atomic mass is 32.1. The molecule has 0 aliphatic carbocycles. The number of rotatable bonds is 6. The van der Waals surface area contributed by atoms with Gasteiger partial charge in [0.05, 0.1) is 27.5 Å². The number of benzene rings is 2. The number of hydrogen-bond donors (Lipinski definition) is 2. The minimum absolute atomic E-state index is 0.0529. The Morgan fingerprint density at radius 2 is 1.82 bits per heavy atom. The van der Waals surface area contributed by atoms with Crippen molar-refractivity contribution in [3.63, 3.8) is 0 Å². The number of thiazole rings is 1. The highest BCUT2D eigenvalue weighted by molar-refractivity contribution is 7.18. The maximum Gasteiger partial charge on any atom is 0.234 e. The Balaban J connectivity index is 1.20. The summed E-state index contributed by atoms with van der Waals surface area (Å²) in [7, 11) is 0. The van der Waals surface area contributed by atoms with Gasteiger partial charge < -0.3 is 15.3 Å². The van der Waals surface area contributed by atoms with Crippen molar-refractivity contribution in [3.8, 4) is 5.75 Å². The Bertz CT molecular complexity index is 917. The van der Waals surface area contributed by atoms with E-state index >= 15 is 0 Å². The summed E-state index contributed by atoms with van der Waals surface area (Å²) < 4.78 is 1.19. The SMILES string of the molecule is O=C(CN1CCN(c2ccccc2O)CC1)NCCc1nc2ccccc2s1. The molecule has 6 nitrogen and oxygen atoms in total. The summed E-state index contributed by atoms with van der Waals surface area (Å²) >= 11 is 1.69. The van der Waals surface area contributed by atoms with E-state index in [1.54, 1.807) is 17.4 Å². The van der Waals surface area contributed by atoms with Crippen LogP contribution in [0, 0.1) is 0 Å². The van der Waals surface area contributed by atoms with Crippen molar-refractivity contribution < 1.29 is 9.90 Å². The van der Waals surface area contributed by atoms with E-state index in [-0.39, 0.29) is 5.91 Å². The van der Waals surface area contributed by atoms with Gasteiger partial charge in [-0.15, -0.1) is 11.3 Å². The van der Waals surface area contributed by atoms with Crippen LogP contribution in [0.5, 0.6) is 5.75 Å². The lowest BCUT2D eigenvalue weighted by Crippen LogP contribution is -2.49. The van der Waals surface area contributed by atoms with Crippen LogP contribution in [0.2, 0.25) is 0 Å². The first-order chi connectivity index (χ1) is 13.7. The van der Waals surface area contributed by atoms with Gasteiger partial charge in [0.2, 0.25) is 5.91 Å². The molecule has 0 radical (unpaired) electrons. The van der Waals surface area contributed by atoms with Crippen LogP contribution in [-0.4, -0.2) is 60.2 Å². The first kappa shape index (κ1) is 18.7. The predicted octanol–water partition coefficient (Wildman–Crippen LogP) is 2.48. The number of phenolic OH excluding ortho intramolecular Hbond substituents is 1. The molecule has 2 heterocycles. The highest BCUT2D eigenvalue weighted by Crippen LogP contribution is 2.27. The second-order valence-corrected chi connectivity index (χ2v) is 8.04. The van der Waals surface area contributed by atoms with Crippen molar-refractivity contribution in [1.29, 1.82) is 0 Å². The third-order valence-electron chi connectivity index (χ3n) is 4.96. The van der Waals surface area contributed by atoms with Crippen LogP contribution in [0.4, 0.5) is 5.69 Å². The van der Waals surface area contributed by atoms with Gasteiger partial charge in [-0.2, -0.15) is 0 Å². The van der Waals surface area contributed by atoms with Crippen molar-refractivity contribution in [1.82, 2.24) is 15.2 Å². The number of carbonyl (C=O) groups is 1. The Hall–Kier alpha value is -2.64. The van der Waals surface area contributed by atoms with Crippen molar-refractivity contribution >= 4 is 33.1 Å². The van der Waals surface area contributed by atoms with Crippen molar-refractivity contribution in [3.05, 3.63) is 53.5 Å². The van der Waals surface area contributed by atoms with E-state index < -0.39 is 0 Å². The molecule has 1 aromatic heterocycles. The molecule has 0 bridgehead atoms. The molecular weight excluding hydrogens is 372 g/mol. The molecular formula is C21H24N4O2S. The van der Waals surface area contributed by atoms with Crippen LogP contribution in [0.25, 0.3) is 10.2 Å². The van der Waals surface area contributed by atoms with E-state index in [0.717, 1.165) is 48.8 Å². The van der Waals surface area contributed by atoms with Crippen LogP contribution in [0.3, 0.4) is 0 Å². The molecule has 1 saturated heterocycles. The van der Waals surface area contributed by atoms with Gasteiger partial charge in [0.15, 0.2) is 0 Å². The molecule has 0 unspecified atom stereocenters. The fraction of sp³-hybridized carbons (Fsp3) is 0.333. The second kappa shape index (κ2) is 8.58. The molecule has 2 N–H and O–H groups in total. The number of anilines is 1. The molecule has 2 aromatic carbocycles. The van der Waals surface area contributed by atoms with Gasteiger partial charge in [0, 0.05) is 39.1 Å². The van der Waals surface area contributed by atoms with Crippen LogP contribution in [0.1, 0.15) is 5.01 Å². The quantitative estimate of drug-likeness (QED) is 0.670. The zero-order valence-electron chi connectivity index (χ0n) is 15.7. The third-order valence-corrected chi connectivity index (χ3v) is 6.06. The van der Waals surface area contributed by atoms with E-state index in [4.69, 9.17) is 0 Å². The topological polar surface area (TPSA) is 68.7 Å². The summed E-state index contributed by atoms with van der Waals surface area (Å²) in [5, 5.41) is 14.0. The van der Waals surface area contributed by atoms with Crippen LogP contribution >= 0.6 is 11.3 Å². The lowest BCUT2D eigenvalue weighted by atomic mass is 10.2. The van der Waals surface area contributed by atoms with Crippen LogP contribution < -0.4 is 10.2 Å². The van der Waals surface area contributed by atoms with Gasteiger partial charge >= 0.3 is 0 Å². The van der Waals surface area contributed by atoms with Crippen molar-refractivity contribution in [2.45, 2.75) is 6.42 Å². The molecule has 3 aromatic rings. The van der Waals surface area contributed by atoms with E-state index in [1.165, 1.54) is 4.70 Å². The van der Waals surface area contributed by atoms with Gasteiger partial charge in [0.1, 0.15) is 5.75 Å². The number of nitrogens with zero attached hydrogens (tertiary/aromatic N) is 3. The summed E-state index contributed by atoms with van der Waals surface area (Å²) in [6, 6.07) is 15.5. The number of para-hydroxylation sites is 3. The van der Waals surface area contributed by atoms with Gasteiger partial charge in [-0.05, 0) is 24.3 Å². The Labute approximate surface area is 168 Å². The van der Waals surface area contributed by atoms with Crippen molar-refractivity contribution in [2.75, 3.05) is 44.2 Å². The van der Waals surface area contributed by atoms with E-state index in [0.29, 0.717) is 18.8 Å². The number of aromatic hydroxyl groups is 1. The van der Waals surface area contributed by atoms with Crippen molar-refractivity contribution in [2.24, 2.45) is 0 Å². The first-order valence-electron chi connectivity index (χ1n) is 9.55. The lowest BCUT2D eigenvalue weighted by molar-refractivity contribution is -0.122. The van der Waals surface area contributed by atoms with E-state index in [1.807, 2.05) is 36.4 Å². The summed E-state index contributed by atoms with van der Waals surface area (Å²) in [5.41, 5.74) is 1.89. The number of amides is 1. The van der Waals surface area contributed by atoms with Gasteiger partial charge in [-0.1, -0.05) is 24.3 Å². The first-order valence-corrected chi connectivity index (χ1v) is 10.4. The van der Waals surface area contributed by atoms with Crippen LogP contribution in [0.15, 0.2) is 48.5 Å². The number of nitrogens with one attached hydrogen (secondary N) is 1. The number of fused-ring (bicyclic) bond motifs is 1. The molecule has 4 rings (SSSR count). The standard InChI is InChI=1S/C21H24N4O2S/c26-18-7-3-2-6-17(18)25-13-11-24(12-14-25)15-20(27)22-10-9-21-23-16-5-1-4-8-19(16)28-21/h1-8,26H,9-15H2,(H,22,27). The summed E-state index contributed by atoms with van der Waals surface area (Å²) in [5.74, 6) is 0.362. The number of hydrogen-bond acceptors (Lipinski definition) is 6. The monoisotopic (exact) mass is 396 g/mol. The molecule has 28 heavy (non-hydrogen) atoms. The molecule has 1 aliphatic rings. The summed E-state index contributed by atoms with van der Waals surface area (Å²) in [6.07, 6.45) is 0.756. The Kier molecular flexibility index (Phi) is 5.73. The van der Waals surface area contributed by atoms with Gasteiger partial charge in [-0.25, -0.2) is 4.98 Å². The molecule has 0 spiro atoms. The zero-order chi connectivity index (χ0) is 19.3. The fourth-order valence-electron chi connectivity index (χ4n) is 3.47. The maximum atomic E-state index is 12.3. The predicted molar refractivity (Wildman–Crippen MR) is 113 cm³/mol. The molecule has 1 fully saturated rings. The molecule has 1 amide bonds. The minimum Gasteiger partial charge on any atom is -0.506 e. The van der Waals surface area contributed by atoms with Gasteiger partial charge in [0.25, 0.3) is 0 Å². The average Bonchev–Trinajstić information content (AvgIpc) is 3.12. The largest absolute Gasteiger partial charge is 0.506 e. The van der Waals surface area contributed by atoms with Gasteiger partial charge in [-0.3, -0.25) is 9.69 Å². The number of aromatic nitrogens is 1.